The Morgan fingerprint density at radius 2 is 1.62 bits per heavy atom. The second kappa shape index (κ2) is 7.97. The Morgan fingerprint density at radius 3 is 2.21 bits per heavy atom. The number of hydrogen-bond acceptors (Lipinski definition) is 3. The highest BCUT2D eigenvalue weighted by Gasteiger charge is 2.13. The van der Waals surface area contributed by atoms with Crippen LogP contribution < -0.4 is 10.0 Å². The zero-order valence-electron chi connectivity index (χ0n) is 13.8. The van der Waals surface area contributed by atoms with E-state index in [2.05, 4.69) is 10.0 Å². The minimum absolute atomic E-state index is 0.0280. The first kappa shape index (κ1) is 18.0. The van der Waals surface area contributed by atoms with Crippen molar-refractivity contribution in [1.82, 2.24) is 5.32 Å². The highest BCUT2D eigenvalue weighted by molar-refractivity contribution is 7.92. The quantitative estimate of drug-likeness (QED) is 0.809. The molecular formula is C18H22N2O3S. The maximum atomic E-state index is 12.2. The van der Waals surface area contributed by atoms with Gasteiger partial charge in [0.15, 0.2) is 0 Å². The predicted octanol–water partition coefficient (Wildman–Crippen LogP) is 2.80. The van der Waals surface area contributed by atoms with Crippen molar-refractivity contribution in [1.29, 1.82) is 0 Å². The standard InChI is InChI=1S/C18H22N2O3S/c1-14(2)18(21)19-13-12-15-8-10-16(11-9-15)20-24(22,23)17-6-4-3-5-7-17/h3-11,14,20H,12-13H2,1-2H3,(H,19,21). The summed E-state index contributed by atoms with van der Waals surface area (Å²) in [5.41, 5.74) is 1.54. The number of nitrogens with one attached hydrogen (secondary N) is 2. The molecule has 2 rings (SSSR count). The van der Waals surface area contributed by atoms with Crippen molar-refractivity contribution in [2.45, 2.75) is 25.2 Å². The van der Waals surface area contributed by atoms with E-state index in [1.165, 1.54) is 0 Å². The molecule has 0 heterocycles. The minimum Gasteiger partial charge on any atom is -0.356 e. The third-order valence-corrected chi connectivity index (χ3v) is 4.89. The number of benzene rings is 2. The van der Waals surface area contributed by atoms with Crippen molar-refractivity contribution < 1.29 is 13.2 Å². The molecule has 128 valence electrons. The topological polar surface area (TPSA) is 75.3 Å². The predicted molar refractivity (Wildman–Crippen MR) is 95.2 cm³/mol. The van der Waals surface area contributed by atoms with Crippen LogP contribution in [0.3, 0.4) is 0 Å². The zero-order valence-corrected chi connectivity index (χ0v) is 14.6. The maximum absolute atomic E-state index is 12.2. The number of carbonyl (C=O) groups excluding carboxylic acids is 1. The molecule has 5 nitrogen and oxygen atoms in total. The largest absolute Gasteiger partial charge is 0.356 e. The fraction of sp³-hybridized carbons (Fsp3) is 0.278. The van der Waals surface area contributed by atoms with Crippen molar-refractivity contribution in [3.63, 3.8) is 0 Å². The number of sulfonamides is 1. The molecule has 0 aliphatic carbocycles. The number of amides is 1. The Kier molecular flexibility index (Phi) is 5.98. The molecule has 0 spiro atoms. The maximum Gasteiger partial charge on any atom is 0.261 e. The van der Waals surface area contributed by atoms with Gasteiger partial charge in [-0.05, 0) is 36.2 Å². The monoisotopic (exact) mass is 346 g/mol. The molecule has 0 unspecified atom stereocenters. The number of hydrogen-bond donors (Lipinski definition) is 2. The van der Waals surface area contributed by atoms with E-state index in [4.69, 9.17) is 0 Å². The van der Waals surface area contributed by atoms with Gasteiger partial charge in [-0.3, -0.25) is 9.52 Å². The van der Waals surface area contributed by atoms with Crippen LogP contribution in [0.25, 0.3) is 0 Å². The van der Waals surface area contributed by atoms with Crippen molar-refractivity contribution in [3.8, 4) is 0 Å². The summed E-state index contributed by atoms with van der Waals surface area (Å²) in [6, 6.07) is 15.4. The average Bonchev–Trinajstić information content (AvgIpc) is 2.57. The molecule has 0 radical (unpaired) electrons. The Morgan fingerprint density at radius 1 is 1.00 bits per heavy atom. The average molecular weight is 346 g/mol. The molecule has 2 N–H and O–H groups in total. The van der Waals surface area contributed by atoms with Crippen LogP contribution in [0, 0.1) is 5.92 Å². The van der Waals surface area contributed by atoms with Crippen LogP contribution >= 0.6 is 0 Å². The zero-order chi connectivity index (χ0) is 17.6. The molecule has 0 aliphatic heterocycles. The van der Waals surface area contributed by atoms with Crippen LogP contribution in [0.2, 0.25) is 0 Å². The Balaban J connectivity index is 1.94. The molecule has 2 aromatic carbocycles. The number of rotatable bonds is 7. The van der Waals surface area contributed by atoms with Gasteiger partial charge in [0.2, 0.25) is 5.91 Å². The summed E-state index contributed by atoms with van der Waals surface area (Å²) >= 11 is 0. The smallest absolute Gasteiger partial charge is 0.261 e. The number of anilines is 1. The first-order valence-corrected chi connectivity index (χ1v) is 9.31. The lowest BCUT2D eigenvalue weighted by molar-refractivity contribution is -0.123. The highest BCUT2D eigenvalue weighted by atomic mass is 32.2. The lowest BCUT2D eigenvalue weighted by Gasteiger charge is -2.10. The van der Waals surface area contributed by atoms with Gasteiger partial charge < -0.3 is 5.32 Å². The van der Waals surface area contributed by atoms with Crippen LogP contribution in [0.1, 0.15) is 19.4 Å². The van der Waals surface area contributed by atoms with Gasteiger partial charge in [0.25, 0.3) is 10.0 Å². The molecule has 0 saturated carbocycles. The SMILES string of the molecule is CC(C)C(=O)NCCc1ccc(NS(=O)(=O)c2ccccc2)cc1. The summed E-state index contributed by atoms with van der Waals surface area (Å²) in [6.45, 7) is 4.26. The number of carbonyl (C=O) groups is 1. The Hall–Kier alpha value is -2.34. The summed E-state index contributed by atoms with van der Waals surface area (Å²) in [6.07, 6.45) is 0.699. The van der Waals surface area contributed by atoms with Crippen LogP contribution in [-0.2, 0) is 21.2 Å². The minimum atomic E-state index is -3.57. The summed E-state index contributed by atoms with van der Waals surface area (Å²) in [7, 11) is -3.57. The van der Waals surface area contributed by atoms with Gasteiger partial charge in [0, 0.05) is 18.2 Å². The fourth-order valence-corrected chi connectivity index (χ4v) is 3.17. The second-order valence-corrected chi connectivity index (χ2v) is 7.49. The molecule has 2 aromatic rings. The van der Waals surface area contributed by atoms with E-state index in [1.807, 2.05) is 26.0 Å². The van der Waals surface area contributed by atoms with Crippen molar-refractivity contribution in [2.75, 3.05) is 11.3 Å². The third-order valence-electron chi connectivity index (χ3n) is 3.50. The van der Waals surface area contributed by atoms with Gasteiger partial charge in [-0.1, -0.05) is 44.2 Å². The first-order valence-electron chi connectivity index (χ1n) is 7.83. The van der Waals surface area contributed by atoms with Gasteiger partial charge in [-0.2, -0.15) is 0 Å². The van der Waals surface area contributed by atoms with Crippen LogP contribution in [0.5, 0.6) is 0 Å². The van der Waals surface area contributed by atoms with Gasteiger partial charge in [0.05, 0.1) is 4.90 Å². The molecule has 0 aliphatic rings. The van der Waals surface area contributed by atoms with Crippen LogP contribution in [0.15, 0.2) is 59.5 Å². The van der Waals surface area contributed by atoms with Crippen molar-refractivity contribution in [3.05, 3.63) is 60.2 Å². The lowest BCUT2D eigenvalue weighted by Crippen LogP contribution is -2.29. The van der Waals surface area contributed by atoms with Gasteiger partial charge in [-0.25, -0.2) is 8.42 Å². The fourth-order valence-electron chi connectivity index (χ4n) is 2.09. The van der Waals surface area contributed by atoms with E-state index in [-0.39, 0.29) is 16.7 Å². The van der Waals surface area contributed by atoms with Gasteiger partial charge in [-0.15, -0.1) is 0 Å². The molecular weight excluding hydrogens is 324 g/mol. The van der Waals surface area contributed by atoms with Crippen LogP contribution in [-0.4, -0.2) is 20.9 Å². The summed E-state index contributed by atoms with van der Waals surface area (Å²) in [4.78, 5) is 11.7. The van der Waals surface area contributed by atoms with E-state index < -0.39 is 10.0 Å². The third kappa shape index (κ3) is 5.09. The molecule has 0 aromatic heterocycles. The molecule has 1 amide bonds. The van der Waals surface area contributed by atoms with E-state index >= 15 is 0 Å². The second-order valence-electron chi connectivity index (χ2n) is 5.81. The first-order chi connectivity index (χ1) is 11.4. The molecule has 0 saturated heterocycles. The molecule has 0 bridgehead atoms. The Labute approximate surface area is 143 Å². The summed E-state index contributed by atoms with van der Waals surface area (Å²) < 4.78 is 27.0. The Bertz CT molecular complexity index is 770. The van der Waals surface area contributed by atoms with Crippen molar-refractivity contribution >= 4 is 21.6 Å². The summed E-state index contributed by atoms with van der Waals surface area (Å²) in [5, 5.41) is 2.85. The van der Waals surface area contributed by atoms with Crippen molar-refractivity contribution in [2.24, 2.45) is 5.92 Å². The van der Waals surface area contributed by atoms with E-state index in [1.54, 1.807) is 42.5 Å². The molecule has 6 heteroatoms. The highest BCUT2D eigenvalue weighted by Crippen LogP contribution is 2.16. The van der Waals surface area contributed by atoms with E-state index in [0.717, 1.165) is 5.56 Å². The molecule has 24 heavy (non-hydrogen) atoms. The van der Waals surface area contributed by atoms with Gasteiger partial charge >= 0.3 is 0 Å². The molecule has 0 atom stereocenters. The van der Waals surface area contributed by atoms with E-state index in [0.29, 0.717) is 18.7 Å². The van der Waals surface area contributed by atoms with Gasteiger partial charge in [0.1, 0.15) is 0 Å². The normalized spacial score (nSPS) is 11.3. The lowest BCUT2D eigenvalue weighted by atomic mass is 10.1. The van der Waals surface area contributed by atoms with Crippen LogP contribution in [0.4, 0.5) is 5.69 Å². The summed E-state index contributed by atoms with van der Waals surface area (Å²) in [5.74, 6) is 0.00186. The molecule has 0 fully saturated rings. The van der Waals surface area contributed by atoms with E-state index in [9.17, 15) is 13.2 Å².